The summed E-state index contributed by atoms with van der Waals surface area (Å²) in [5.41, 5.74) is 3.38. The molecular weight excluding hydrogens is 376 g/mol. The van der Waals surface area contributed by atoms with Gasteiger partial charge in [-0.25, -0.2) is 4.98 Å². The van der Waals surface area contributed by atoms with Crippen LogP contribution in [0.4, 0.5) is 11.5 Å². The van der Waals surface area contributed by atoms with Crippen molar-refractivity contribution in [1.82, 2.24) is 15.6 Å². The smallest absolute Gasteiger partial charge is 0.243 e. The maximum atomic E-state index is 12.3. The maximum Gasteiger partial charge on any atom is 0.243 e. The second-order valence-corrected chi connectivity index (χ2v) is 7.92. The Morgan fingerprint density at radius 2 is 1.87 bits per heavy atom. The molecule has 1 atom stereocenters. The van der Waals surface area contributed by atoms with E-state index in [1.165, 1.54) is 5.69 Å². The highest BCUT2D eigenvalue weighted by Gasteiger charge is 2.20. The minimum atomic E-state index is -0.421. The van der Waals surface area contributed by atoms with E-state index in [0.29, 0.717) is 18.2 Å². The monoisotopic (exact) mass is 406 g/mol. The van der Waals surface area contributed by atoms with Gasteiger partial charge in [-0.1, -0.05) is 26.0 Å². The molecule has 0 aliphatic carbocycles. The van der Waals surface area contributed by atoms with Crippen molar-refractivity contribution in [3.63, 3.8) is 0 Å². The first-order valence-electron chi connectivity index (χ1n) is 10.5. The van der Waals surface area contributed by atoms with Gasteiger partial charge in [0.15, 0.2) is 0 Å². The lowest BCUT2D eigenvalue weighted by Crippen LogP contribution is -2.43. The third kappa shape index (κ3) is 5.94. The van der Waals surface area contributed by atoms with Gasteiger partial charge in [0.1, 0.15) is 18.4 Å². The van der Waals surface area contributed by atoms with Crippen LogP contribution in [-0.2, 0) is 4.79 Å². The molecule has 2 heterocycles. The molecule has 158 valence electrons. The lowest BCUT2D eigenvalue weighted by atomic mass is 10.0. The summed E-state index contributed by atoms with van der Waals surface area (Å²) in [6.07, 6.45) is 2.48. The Balaban J connectivity index is 1.65. The zero-order valence-corrected chi connectivity index (χ0v) is 17.7. The average molecular weight is 407 g/mol. The van der Waals surface area contributed by atoms with Crippen LogP contribution in [0, 0.1) is 17.2 Å². The Hall–Kier alpha value is -3.11. The van der Waals surface area contributed by atoms with Gasteiger partial charge in [0.05, 0.1) is 6.07 Å². The number of benzene rings is 1. The number of nitrogens with one attached hydrogen (secondary N) is 3. The molecule has 3 rings (SSSR count). The zero-order chi connectivity index (χ0) is 21.3. The molecule has 0 unspecified atom stereocenters. The average Bonchev–Trinajstić information content (AvgIpc) is 2.78. The number of amides is 1. The van der Waals surface area contributed by atoms with Gasteiger partial charge in [0.25, 0.3) is 0 Å². The molecule has 1 aromatic heterocycles. The van der Waals surface area contributed by atoms with Crippen molar-refractivity contribution >= 4 is 17.4 Å². The molecule has 2 aromatic rings. The number of anilines is 2. The summed E-state index contributed by atoms with van der Waals surface area (Å²) in [5, 5.41) is 17.9. The molecule has 1 aromatic carbocycles. The Morgan fingerprint density at radius 1 is 1.17 bits per heavy atom. The molecule has 1 saturated heterocycles. The van der Waals surface area contributed by atoms with E-state index in [9.17, 15) is 4.79 Å². The van der Waals surface area contributed by atoms with Gasteiger partial charge in [-0.3, -0.25) is 4.79 Å². The number of carbonyl (C=O) groups is 1. The Kier molecular flexibility index (Phi) is 7.63. The molecule has 0 saturated carbocycles. The summed E-state index contributed by atoms with van der Waals surface area (Å²) in [7, 11) is 0. The first-order chi connectivity index (χ1) is 14.6. The van der Waals surface area contributed by atoms with Crippen molar-refractivity contribution in [2.45, 2.75) is 26.3 Å². The van der Waals surface area contributed by atoms with Gasteiger partial charge in [0, 0.05) is 43.6 Å². The SMILES string of the molecule is CC(C)C[C@H](Nc1ccc(-c2ccc(N3CCNCC3)cc2)cn1)C(=O)NCC#N. The quantitative estimate of drug-likeness (QED) is 0.584. The molecule has 1 fully saturated rings. The van der Waals surface area contributed by atoms with Gasteiger partial charge >= 0.3 is 0 Å². The Bertz CT molecular complexity index is 851. The predicted octanol–water partition coefficient (Wildman–Crippen LogP) is 2.62. The van der Waals surface area contributed by atoms with E-state index in [2.05, 4.69) is 63.9 Å². The first-order valence-corrected chi connectivity index (χ1v) is 10.5. The minimum absolute atomic E-state index is 0.00537. The number of hydrogen-bond acceptors (Lipinski definition) is 6. The maximum absolute atomic E-state index is 12.3. The van der Waals surface area contributed by atoms with Crippen LogP contribution in [0.5, 0.6) is 0 Å². The van der Waals surface area contributed by atoms with E-state index in [4.69, 9.17) is 5.26 Å². The van der Waals surface area contributed by atoms with Crippen molar-refractivity contribution < 1.29 is 4.79 Å². The Morgan fingerprint density at radius 3 is 2.47 bits per heavy atom. The van der Waals surface area contributed by atoms with Crippen LogP contribution < -0.4 is 20.9 Å². The molecule has 1 aliphatic rings. The highest BCUT2D eigenvalue weighted by atomic mass is 16.2. The van der Waals surface area contributed by atoms with E-state index < -0.39 is 6.04 Å². The molecular formula is C23H30N6O. The lowest BCUT2D eigenvalue weighted by molar-refractivity contribution is -0.121. The van der Waals surface area contributed by atoms with Crippen LogP contribution >= 0.6 is 0 Å². The molecule has 0 bridgehead atoms. The molecule has 30 heavy (non-hydrogen) atoms. The van der Waals surface area contributed by atoms with Gasteiger partial charge in [-0.2, -0.15) is 5.26 Å². The summed E-state index contributed by atoms with van der Waals surface area (Å²) in [5.74, 6) is 0.803. The molecule has 3 N–H and O–H groups in total. The number of carbonyl (C=O) groups excluding carboxylic acids is 1. The summed E-state index contributed by atoms with van der Waals surface area (Å²) in [4.78, 5) is 19.2. The van der Waals surface area contributed by atoms with Crippen LogP contribution in [0.2, 0.25) is 0 Å². The number of rotatable bonds is 8. The summed E-state index contributed by atoms with van der Waals surface area (Å²) in [6.45, 7) is 8.23. The fourth-order valence-electron chi connectivity index (χ4n) is 3.57. The van der Waals surface area contributed by atoms with Crippen LogP contribution in [0.25, 0.3) is 11.1 Å². The highest BCUT2D eigenvalue weighted by Crippen LogP contribution is 2.24. The number of nitrogens with zero attached hydrogens (tertiary/aromatic N) is 3. The predicted molar refractivity (Wildman–Crippen MR) is 120 cm³/mol. The third-order valence-corrected chi connectivity index (χ3v) is 5.13. The third-order valence-electron chi connectivity index (χ3n) is 5.13. The standard InChI is InChI=1S/C23H30N6O/c1-17(2)15-21(23(30)26-10-9-24)28-22-8-5-19(16-27-22)18-3-6-20(7-4-18)29-13-11-25-12-14-29/h3-8,16-17,21,25H,10-15H2,1-2H3,(H,26,30)(H,27,28)/t21-/m0/s1. The van der Waals surface area contributed by atoms with Crippen molar-refractivity contribution in [2.75, 3.05) is 42.9 Å². The number of piperazine rings is 1. The molecule has 1 amide bonds. The molecule has 7 nitrogen and oxygen atoms in total. The second kappa shape index (κ2) is 10.6. The van der Waals surface area contributed by atoms with Crippen molar-refractivity contribution in [3.8, 4) is 17.2 Å². The number of hydrogen-bond donors (Lipinski definition) is 3. The summed E-state index contributed by atoms with van der Waals surface area (Å²) in [6, 6.07) is 14.0. The fourth-order valence-corrected chi connectivity index (χ4v) is 3.57. The van der Waals surface area contributed by atoms with Crippen molar-refractivity contribution in [3.05, 3.63) is 42.6 Å². The largest absolute Gasteiger partial charge is 0.369 e. The summed E-state index contributed by atoms with van der Waals surface area (Å²) < 4.78 is 0. The zero-order valence-electron chi connectivity index (χ0n) is 17.7. The number of pyridine rings is 1. The van der Waals surface area contributed by atoms with Gasteiger partial charge in [-0.05, 0) is 42.2 Å². The molecule has 0 spiro atoms. The van der Waals surface area contributed by atoms with Gasteiger partial charge in [0.2, 0.25) is 5.91 Å². The van der Waals surface area contributed by atoms with Gasteiger partial charge < -0.3 is 20.9 Å². The highest BCUT2D eigenvalue weighted by molar-refractivity contribution is 5.84. The summed E-state index contributed by atoms with van der Waals surface area (Å²) >= 11 is 0. The van der Waals surface area contributed by atoms with Crippen molar-refractivity contribution in [1.29, 1.82) is 5.26 Å². The molecule has 0 radical (unpaired) electrons. The molecule has 7 heteroatoms. The van der Waals surface area contributed by atoms with Gasteiger partial charge in [-0.15, -0.1) is 0 Å². The van der Waals surface area contributed by atoms with E-state index in [1.807, 2.05) is 24.4 Å². The lowest BCUT2D eigenvalue weighted by Gasteiger charge is -2.29. The Labute approximate surface area is 178 Å². The topological polar surface area (TPSA) is 93.1 Å². The van der Waals surface area contributed by atoms with Crippen LogP contribution in [-0.4, -0.2) is 49.7 Å². The second-order valence-electron chi connectivity index (χ2n) is 7.92. The van der Waals surface area contributed by atoms with E-state index in [0.717, 1.165) is 37.3 Å². The van der Waals surface area contributed by atoms with E-state index in [1.54, 1.807) is 0 Å². The molecule has 1 aliphatic heterocycles. The van der Waals surface area contributed by atoms with Crippen LogP contribution in [0.1, 0.15) is 20.3 Å². The van der Waals surface area contributed by atoms with Crippen LogP contribution in [0.15, 0.2) is 42.6 Å². The fraction of sp³-hybridized carbons (Fsp3) is 0.435. The normalized spacial score (nSPS) is 14.8. The minimum Gasteiger partial charge on any atom is -0.369 e. The number of nitriles is 1. The number of aromatic nitrogens is 1. The first kappa shape index (κ1) is 21.6. The van der Waals surface area contributed by atoms with E-state index in [-0.39, 0.29) is 12.5 Å². The van der Waals surface area contributed by atoms with E-state index >= 15 is 0 Å². The van der Waals surface area contributed by atoms with Crippen LogP contribution in [0.3, 0.4) is 0 Å². The van der Waals surface area contributed by atoms with Crippen molar-refractivity contribution in [2.24, 2.45) is 5.92 Å².